The second kappa shape index (κ2) is 15.1. The van der Waals surface area contributed by atoms with Gasteiger partial charge >= 0.3 is 0 Å². The highest BCUT2D eigenvalue weighted by atomic mass is 35.5. The molecular formula is C30H34Cl2N2O2S. The standard InChI is InChI=1S/C30H34Cl2N2O2S/c1-22(2)20-33-30(36)28(19-23-7-4-3-5-8-23)34(21-24-10-12-25(31)13-11-24)29(35)9-6-18-37-27-16-14-26(32)15-17-27/h3-5,7-8,10-17,22,28H,6,9,18-21H2,1-2H3,(H,33,36). The van der Waals surface area contributed by atoms with Crippen LogP contribution in [0.2, 0.25) is 10.0 Å². The zero-order chi connectivity index (χ0) is 26.6. The zero-order valence-electron chi connectivity index (χ0n) is 21.3. The minimum atomic E-state index is -0.617. The van der Waals surface area contributed by atoms with Crippen LogP contribution in [0, 0.1) is 5.92 Å². The summed E-state index contributed by atoms with van der Waals surface area (Å²) < 4.78 is 0. The Bertz CT molecular complexity index is 1120. The van der Waals surface area contributed by atoms with E-state index in [1.807, 2.05) is 78.9 Å². The van der Waals surface area contributed by atoms with E-state index in [1.54, 1.807) is 16.7 Å². The number of hydrogen-bond donors (Lipinski definition) is 1. The minimum Gasteiger partial charge on any atom is -0.354 e. The number of rotatable bonds is 13. The number of carbonyl (C=O) groups is 2. The van der Waals surface area contributed by atoms with E-state index >= 15 is 0 Å². The lowest BCUT2D eigenvalue weighted by molar-refractivity contribution is -0.141. The molecule has 0 fully saturated rings. The summed E-state index contributed by atoms with van der Waals surface area (Å²) in [5, 5.41) is 4.40. The molecule has 2 amide bonds. The molecule has 0 saturated carbocycles. The van der Waals surface area contributed by atoms with Crippen molar-refractivity contribution in [2.75, 3.05) is 12.3 Å². The molecule has 1 atom stereocenters. The number of nitrogens with zero attached hydrogens (tertiary/aromatic N) is 1. The van der Waals surface area contributed by atoms with E-state index in [1.165, 1.54) is 0 Å². The maximum atomic E-state index is 13.6. The summed E-state index contributed by atoms with van der Waals surface area (Å²) >= 11 is 13.8. The highest BCUT2D eigenvalue weighted by Crippen LogP contribution is 2.23. The van der Waals surface area contributed by atoms with Gasteiger partial charge in [-0.2, -0.15) is 0 Å². The predicted molar refractivity (Wildman–Crippen MR) is 155 cm³/mol. The van der Waals surface area contributed by atoms with Gasteiger partial charge in [0.1, 0.15) is 6.04 Å². The molecule has 7 heteroatoms. The van der Waals surface area contributed by atoms with Gasteiger partial charge in [-0.15, -0.1) is 11.8 Å². The number of carbonyl (C=O) groups excluding carboxylic acids is 2. The van der Waals surface area contributed by atoms with E-state index in [9.17, 15) is 9.59 Å². The van der Waals surface area contributed by atoms with Crippen LogP contribution in [-0.2, 0) is 22.6 Å². The summed E-state index contributed by atoms with van der Waals surface area (Å²) in [5.74, 6) is 0.944. The fraction of sp³-hybridized carbons (Fsp3) is 0.333. The first-order valence-corrected chi connectivity index (χ1v) is 14.3. The average molecular weight is 558 g/mol. The molecule has 1 unspecified atom stereocenters. The lowest BCUT2D eigenvalue weighted by Gasteiger charge is -2.32. The number of nitrogens with one attached hydrogen (secondary N) is 1. The molecule has 0 spiro atoms. The number of benzene rings is 3. The van der Waals surface area contributed by atoms with E-state index in [0.717, 1.165) is 21.8 Å². The van der Waals surface area contributed by atoms with Crippen LogP contribution in [0.3, 0.4) is 0 Å². The molecule has 0 heterocycles. The van der Waals surface area contributed by atoms with Gasteiger partial charge in [0.15, 0.2) is 0 Å². The Hall–Kier alpha value is -2.47. The largest absolute Gasteiger partial charge is 0.354 e. The third-order valence-corrected chi connectivity index (χ3v) is 7.44. The molecule has 37 heavy (non-hydrogen) atoms. The van der Waals surface area contributed by atoms with Crippen molar-refractivity contribution in [3.8, 4) is 0 Å². The summed E-state index contributed by atoms with van der Waals surface area (Å²) in [6.45, 7) is 5.01. The van der Waals surface area contributed by atoms with Crippen molar-refractivity contribution in [1.29, 1.82) is 0 Å². The number of thioether (sulfide) groups is 1. The van der Waals surface area contributed by atoms with Crippen molar-refractivity contribution in [3.05, 3.63) is 100 Å². The molecule has 0 aliphatic rings. The Morgan fingerprint density at radius 1 is 0.865 bits per heavy atom. The molecule has 0 aliphatic heterocycles. The highest BCUT2D eigenvalue weighted by Gasteiger charge is 2.30. The van der Waals surface area contributed by atoms with Crippen LogP contribution in [0.1, 0.15) is 37.8 Å². The Kier molecular flexibility index (Phi) is 11.8. The van der Waals surface area contributed by atoms with Gasteiger partial charge in [0, 0.05) is 40.9 Å². The van der Waals surface area contributed by atoms with Crippen LogP contribution < -0.4 is 5.32 Å². The topological polar surface area (TPSA) is 49.4 Å². The van der Waals surface area contributed by atoms with Crippen molar-refractivity contribution in [3.63, 3.8) is 0 Å². The van der Waals surface area contributed by atoms with Crippen molar-refractivity contribution >= 4 is 46.8 Å². The monoisotopic (exact) mass is 556 g/mol. The van der Waals surface area contributed by atoms with Crippen LogP contribution >= 0.6 is 35.0 Å². The van der Waals surface area contributed by atoms with Gasteiger partial charge in [0.25, 0.3) is 0 Å². The molecular weight excluding hydrogens is 523 g/mol. The SMILES string of the molecule is CC(C)CNC(=O)C(Cc1ccccc1)N(Cc1ccc(Cl)cc1)C(=O)CCCSc1ccc(Cl)cc1. The Morgan fingerprint density at radius 2 is 1.49 bits per heavy atom. The van der Waals surface area contributed by atoms with Gasteiger partial charge in [-0.1, -0.05) is 79.5 Å². The van der Waals surface area contributed by atoms with Crippen LogP contribution in [0.25, 0.3) is 0 Å². The minimum absolute atomic E-state index is 0.0349. The number of halogens is 2. The Labute approximate surface area is 234 Å². The normalized spacial score (nSPS) is 11.8. The lowest BCUT2D eigenvalue weighted by atomic mass is 10.0. The summed E-state index contributed by atoms with van der Waals surface area (Å²) in [7, 11) is 0. The summed E-state index contributed by atoms with van der Waals surface area (Å²) in [5.41, 5.74) is 1.95. The van der Waals surface area contributed by atoms with Crippen molar-refractivity contribution in [1.82, 2.24) is 10.2 Å². The van der Waals surface area contributed by atoms with Crippen LogP contribution in [0.4, 0.5) is 0 Å². The average Bonchev–Trinajstić information content (AvgIpc) is 2.89. The van der Waals surface area contributed by atoms with E-state index in [2.05, 4.69) is 19.2 Å². The second-order valence-electron chi connectivity index (χ2n) is 9.40. The molecule has 3 aromatic rings. The summed E-state index contributed by atoms with van der Waals surface area (Å²) in [6, 6.07) is 24.4. The van der Waals surface area contributed by atoms with Crippen LogP contribution in [0.15, 0.2) is 83.8 Å². The molecule has 0 saturated heterocycles. The Morgan fingerprint density at radius 3 is 2.11 bits per heavy atom. The van der Waals surface area contributed by atoms with Crippen LogP contribution in [0.5, 0.6) is 0 Å². The molecule has 1 N–H and O–H groups in total. The maximum absolute atomic E-state index is 13.6. The molecule has 3 aromatic carbocycles. The van der Waals surface area contributed by atoms with E-state index in [0.29, 0.717) is 48.3 Å². The molecule has 0 aliphatic carbocycles. The molecule has 196 valence electrons. The zero-order valence-corrected chi connectivity index (χ0v) is 23.7. The third-order valence-electron chi connectivity index (χ3n) is 5.84. The smallest absolute Gasteiger partial charge is 0.243 e. The molecule has 0 aromatic heterocycles. The van der Waals surface area contributed by atoms with Gasteiger partial charge in [-0.3, -0.25) is 9.59 Å². The van der Waals surface area contributed by atoms with Gasteiger partial charge in [-0.05, 0) is 65.6 Å². The first-order valence-electron chi connectivity index (χ1n) is 12.6. The molecule has 0 radical (unpaired) electrons. The van der Waals surface area contributed by atoms with Crippen molar-refractivity contribution < 1.29 is 9.59 Å². The number of amides is 2. The summed E-state index contributed by atoms with van der Waals surface area (Å²) in [6.07, 6.45) is 1.51. The molecule has 4 nitrogen and oxygen atoms in total. The predicted octanol–water partition coefficient (Wildman–Crippen LogP) is 7.28. The van der Waals surface area contributed by atoms with Gasteiger partial charge in [0.05, 0.1) is 0 Å². The fourth-order valence-corrected chi connectivity index (χ4v) is 4.96. The van der Waals surface area contributed by atoms with E-state index in [-0.39, 0.29) is 11.8 Å². The highest BCUT2D eigenvalue weighted by molar-refractivity contribution is 7.99. The first-order chi connectivity index (χ1) is 17.8. The fourth-order valence-electron chi connectivity index (χ4n) is 3.85. The number of hydrogen-bond acceptors (Lipinski definition) is 3. The van der Waals surface area contributed by atoms with Crippen molar-refractivity contribution in [2.24, 2.45) is 5.92 Å². The second-order valence-corrected chi connectivity index (χ2v) is 11.4. The van der Waals surface area contributed by atoms with Crippen molar-refractivity contribution in [2.45, 2.75) is 50.6 Å². The lowest BCUT2D eigenvalue weighted by Crippen LogP contribution is -2.51. The molecule has 0 bridgehead atoms. The molecule has 3 rings (SSSR count). The van der Waals surface area contributed by atoms with E-state index in [4.69, 9.17) is 23.2 Å². The van der Waals surface area contributed by atoms with Gasteiger partial charge in [-0.25, -0.2) is 0 Å². The van der Waals surface area contributed by atoms with Gasteiger partial charge < -0.3 is 10.2 Å². The maximum Gasteiger partial charge on any atom is 0.243 e. The van der Waals surface area contributed by atoms with E-state index < -0.39 is 6.04 Å². The van der Waals surface area contributed by atoms with Gasteiger partial charge in [0.2, 0.25) is 11.8 Å². The van der Waals surface area contributed by atoms with Crippen LogP contribution in [-0.4, -0.2) is 35.1 Å². The summed E-state index contributed by atoms with van der Waals surface area (Å²) in [4.78, 5) is 29.9. The Balaban J connectivity index is 1.77. The quantitative estimate of drug-likeness (QED) is 0.178. The first kappa shape index (κ1) is 29.1. The third kappa shape index (κ3) is 10.1.